The van der Waals surface area contributed by atoms with Gasteiger partial charge in [0.25, 0.3) is 0 Å². The second kappa shape index (κ2) is 8.06. The van der Waals surface area contributed by atoms with Gasteiger partial charge in [0.2, 0.25) is 0 Å². The van der Waals surface area contributed by atoms with Gasteiger partial charge in [0.05, 0.1) is 6.07 Å². The summed E-state index contributed by atoms with van der Waals surface area (Å²) in [7, 11) is 0. The second-order valence-electron chi connectivity index (χ2n) is 4.19. The van der Waals surface area contributed by atoms with E-state index in [9.17, 15) is 4.79 Å². The topological polar surface area (TPSA) is 64.3 Å². The Bertz CT molecular complexity index is 489. The average Bonchev–Trinajstić information content (AvgIpc) is 2.41. The van der Waals surface area contributed by atoms with Crippen LogP contribution < -0.4 is 0 Å². The van der Waals surface area contributed by atoms with Crippen molar-refractivity contribution < 1.29 is 9.90 Å². The third-order valence-electron chi connectivity index (χ3n) is 2.76. The highest BCUT2D eigenvalue weighted by molar-refractivity contribution is 5.85. The molecule has 19 heavy (non-hydrogen) atoms. The first-order valence-corrected chi connectivity index (χ1v) is 6.25. The fourth-order valence-corrected chi connectivity index (χ4v) is 1.78. The second-order valence-corrected chi connectivity index (χ2v) is 4.19. The Kier molecular flexibility index (Phi) is 6.34. The van der Waals surface area contributed by atoms with Crippen LogP contribution in [0.3, 0.4) is 0 Å². The van der Waals surface area contributed by atoms with Gasteiger partial charge in [-0.15, -0.1) is 0 Å². The van der Waals surface area contributed by atoms with Crippen molar-refractivity contribution in [2.75, 3.05) is 13.1 Å². The SMILES string of the molecule is CCN(CCC#N)Cc1cccc(C=CC(=O)O)c1. The third-order valence-corrected chi connectivity index (χ3v) is 2.76. The van der Waals surface area contributed by atoms with Gasteiger partial charge in [-0.3, -0.25) is 4.90 Å². The van der Waals surface area contributed by atoms with E-state index >= 15 is 0 Å². The Morgan fingerprint density at radius 1 is 1.53 bits per heavy atom. The maximum absolute atomic E-state index is 10.5. The van der Waals surface area contributed by atoms with E-state index in [4.69, 9.17) is 10.4 Å². The van der Waals surface area contributed by atoms with Crippen LogP contribution in [0.4, 0.5) is 0 Å². The van der Waals surface area contributed by atoms with Crippen molar-refractivity contribution in [1.29, 1.82) is 5.26 Å². The van der Waals surface area contributed by atoms with Crippen LogP contribution in [0.25, 0.3) is 6.08 Å². The van der Waals surface area contributed by atoms with E-state index < -0.39 is 5.97 Å². The summed E-state index contributed by atoms with van der Waals surface area (Å²) >= 11 is 0. The van der Waals surface area contributed by atoms with Gasteiger partial charge in [0.15, 0.2) is 0 Å². The molecule has 4 nitrogen and oxygen atoms in total. The van der Waals surface area contributed by atoms with Gasteiger partial charge in [-0.25, -0.2) is 4.79 Å². The van der Waals surface area contributed by atoms with Crippen LogP contribution in [-0.2, 0) is 11.3 Å². The smallest absolute Gasteiger partial charge is 0.328 e. The minimum absolute atomic E-state index is 0.520. The molecule has 4 heteroatoms. The lowest BCUT2D eigenvalue weighted by atomic mass is 10.1. The van der Waals surface area contributed by atoms with E-state index in [-0.39, 0.29) is 0 Å². The van der Waals surface area contributed by atoms with Gasteiger partial charge in [-0.05, 0) is 23.7 Å². The molecule has 0 fully saturated rings. The molecular weight excluding hydrogens is 240 g/mol. The summed E-state index contributed by atoms with van der Waals surface area (Å²) in [6.07, 6.45) is 3.23. The summed E-state index contributed by atoms with van der Waals surface area (Å²) in [5.74, 6) is -0.949. The summed E-state index contributed by atoms with van der Waals surface area (Å²) in [6, 6.07) is 9.90. The number of hydrogen-bond donors (Lipinski definition) is 1. The predicted molar refractivity (Wildman–Crippen MR) is 74.3 cm³/mol. The Labute approximate surface area is 113 Å². The Morgan fingerprint density at radius 2 is 2.32 bits per heavy atom. The highest BCUT2D eigenvalue weighted by Crippen LogP contribution is 2.10. The Morgan fingerprint density at radius 3 is 2.95 bits per heavy atom. The van der Waals surface area contributed by atoms with Crippen LogP contribution in [0.2, 0.25) is 0 Å². The number of rotatable bonds is 7. The summed E-state index contributed by atoms with van der Waals surface area (Å²) in [5, 5.41) is 17.2. The molecule has 0 amide bonds. The molecule has 0 aliphatic heterocycles. The van der Waals surface area contributed by atoms with Crippen LogP contribution in [0.1, 0.15) is 24.5 Å². The van der Waals surface area contributed by atoms with E-state index in [1.165, 1.54) is 0 Å². The van der Waals surface area contributed by atoms with Gasteiger partial charge in [0.1, 0.15) is 0 Å². The van der Waals surface area contributed by atoms with Crippen molar-refractivity contribution in [2.24, 2.45) is 0 Å². The third kappa shape index (κ3) is 5.84. The molecule has 0 aliphatic rings. The maximum atomic E-state index is 10.5. The first-order valence-electron chi connectivity index (χ1n) is 6.25. The van der Waals surface area contributed by atoms with E-state index in [2.05, 4.69) is 17.9 Å². The molecule has 100 valence electrons. The molecule has 0 spiro atoms. The summed E-state index contributed by atoms with van der Waals surface area (Å²) in [4.78, 5) is 12.7. The molecule has 0 heterocycles. The number of hydrogen-bond acceptors (Lipinski definition) is 3. The van der Waals surface area contributed by atoms with Crippen molar-refractivity contribution >= 4 is 12.0 Å². The van der Waals surface area contributed by atoms with Gasteiger partial charge < -0.3 is 5.11 Å². The quantitative estimate of drug-likeness (QED) is 0.763. The number of benzene rings is 1. The van der Waals surface area contributed by atoms with E-state index in [0.717, 1.165) is 36.8 Å². The lowest BCUT2D eigenvalue weighted by Crippen LogP contribution is -2.23. The minimum atomic E-state index is -0.949. The lowest BCUT2D eigenvalue weighted by Gasteiger charge is -2.19. The zero-order chi connectivity index (χ0) is 14.1. The number of carbonyl (C=O) groups is 1. The van der Waals surface area contributed by atoms with Crippen LogP contribution in [0.15, 0.2) is 30.3 Å². The number of nitriles is 1. The fraction of sp³-hybridized carbons (Fsp3) is 0.333. The summed E-state index contributed by atoms with van der Waals surface area (Å²) in [6.45, 7) is 4.47. The zero-order valence-electron chi connectivity index (χ0n) is 11.0. The van der Waals surface area contributed by atoms with Crippen molar-refractivity contribution in [3.63, 3.8) is 0 Å². The largest absolute Gasteiger partial charge is 0.478 e. The van der Waals surface area contributed by atoms with E-state index in [0.29, 0.717) is 6.42 Å². The van der Waals surface area contributed by atoms with Crippen molar-refractivity contribution in [3.05, 3.63) is 41.5 Å². The molecule has 0 unspecified atom stereocenters. The van der Waals surface area contributed by atoms with Gasteiger partial charge in [0, 0.05) is 25.6 Å². The molecular formula is C15H18N2O2. The molecule has 1 aromatic carbocycles. The fourth-order valence-electron chi connectivity index (χ4n) is 1.78. The summed E-state index contributed by atoms with van der Waals surface area (Å²) in [5.41, 5.74) is 1.99. The molecule has 0 aromatic heterocycles. The molecule has 1 aromatic rings. The number of aliphatic carboxylic acids is 1. The van der Waals surface area contributed by atoms with Gasteiger partial charge >= 0.3 is 5.97 Å². The predicted octanol–water partition coefficient (Wildman–Crippen LogP) is 2.52. The first-order chi connectivity index (χ1) is 9.15. The maximum Gasteiger partial charge on any atom is 0.328 e. The van der Waals surface area contributed by atoms with E-state index in [1.54, 1.807) is 6.08 Å². The number of carboxylic acid groups (broad SMARTS) is 1. The van der Waals surface area contributed by atoms with Crippen LogP contribution >= 0.6 is 0 Å². The Balaban J connectivity index is 2.70. The Hall–Kier alpha value is -2.12. The van der Waals surface area contributed by atoms with E-state index in [1.807, 2.05) is 24.3 Å². The number of carboxylic acids is 1. The molecule has 0 saturated carbocycles. The summed E-state index contributed by atoms with van der Waals surface area (Å²) < 4.78 is 0. The van der Waals surface area contributed by atoms with Crippen molar-refractivity contribution in [3.8, 4) is 6.07 Å². The molecule has 1 rings (SSSR count). The molecule has 1 N–H and O–H groups in total. The number of nitrogens with zero attached hydrogens (tertiary/aromatic N) is 2. The molecule has 0 radical (unpaired) electrons. The van der Waals surface area contributed by atoms with Crippen molar-refractivity contribution in [1.82, 2.24) is 4.90 Å². The molecule has 0 saturated heterocycles. The zero-order valence-corrected chi connectivity index (χ0v) is 11.0. The molecule has 0 aliphatic carbocycles. The van der Waals surface area contributed by atoms with Gasteiger partial charge in [-0.2, -0.15) is 5.26 Å². The molecule has 0 atom stereocenters. The van der Waals surface area contributed by atoms with Crippen LogP contribution in [-0.4, -0.2) is 29.1 Å². The van der Waals surface area contributed by atoms with Gasteiger partial charge in [-0.1, -0.05) is 31.2 Å². The van der Waals surface area contributed by atoms with Crippen LogP contribution in [0.5, 0.6) is 0 Å². The first kappa shape index (κ1) is 14.9. The van der Waals surface area contributed by atoms with Crippen LogP contribution in [0, 0.1) is 11.3 Å². The average molecular weight is 258 g/mol. The monoisotopic (exact) mass is 258 g/mol. The standard InChI is InChI=1S/C15H18N2O2/c1-2-17(10-4-9-16)12-14-6-3-5-13(11-14)7-8-15(18)19/h3,5-8,11H,2,4,10,12H2,1H3,(H,18,19). The lowest BCUT2D eigenvalue weighted by molar-refractivity contribution is -0.131. The van der Waals surface area contributed by atoms with Crippen molar-refractivity contribution in [2.45, 2.75) is 19.9 Å². The minimum Gasteiger partial charge on any atom is -0.478 e. The highest BCUT2D eigenvalue weighted by Gasteiger charge is 2.03. The highest BCUT2D eigenvalue weighted by atomic mass is 16.4. The normalized spacial score (nSPS) is 10.8. The molecule has 0 bridgehead atoms.